The molecule has 1 aromatic heterocycles. The van der Waals surface area contributed by atoms with E-state index in [0.29, 0.717) is 17.9 Å². The van der Waals surface area contributed by atoms with Crippen LogP contribution in [0.25, 0.3) is 0 Å². The van der Waals surface area contributed by atoms with Gasteiger partial charge in [-0.05, 0) is 50.9 Å². The van der Waals surface area contributed by atoms with Gasteiger partial charge in [0.05, 0.1) is 5.69 Å². The van der Waals surface area contributed by atoms with Crippen molar-refractivity contribution in [2.45, 2.75) is 77.4 Å². The Morgan fingerprint density at radius 1 is 1.24 bits per heavy atom. The van der Waals surface area contributed by atoms with Gasteiger partial charge in [0.25, 0.3) is 0 Å². The number of ether oxygens (including phenoxy) is 1. The first kappa shape index (κ1) is 15.4. The van der Waals surface area contributed by atoms with Crippen molar-refractivity contribution < 1.29 is 4.74 Å². The number of rotatable bonds is 5. The molecule has 4 heteroatoms. The van der Waals surface area contributed by atoms with E-state index in [9.17, 15) is 0 Å². The second-order valence-electron chi connectivity index (χ2n) is 7.40. The summed E-state index contributed by atoms with van der Waals surface area (Å²) in [5, 5.41) is 1.20. The Bertz CT molecular complexity index is 495. The van der Waals surface area contributed by atoms with E-state index < -0.39 is 0 Å². The first-order valence-electron chi connectivity index (χ1n) is 8.34. The van der Waals surface area contributed by atoms with E-state index in [1.807, 2.05) is 11.3 Å². The zero-order chi connectivity index (χ0) is 15.1. The van der Waals surface area contributed by atoms with E-state index in [1.54, 1.807) is 0 Å². The highest BCUT2D eigenvalue weighted by molar-refractivity contribution is 7.11. The van der Waals surface area contributed by atoms with E-state index in [2.05, 4.69) is 20.8 Å². The third-order valence-electron chi connectivity index (χ3n) is 5.10. The van der Waals surface area contributed by atoms with Gasteiger partial charge in [0.15, 0.2) is 0 Å². The number of hydrogen-bond donors (Lipinski definition) is 1. The largest absolute Gasteiger partial charge is 0.368 e. The van der Waals surface area contributed by atoms with Crippen LogP contribution in [0.1, 0.15) is 80.8 Å². The number of hydrogen-bond acceptors (Lipinski definition) is 4. The van der Waals surface area contributed by atoms with Gasteiger partial charge in [0.2, 0.25) is 0 Å². The number of aromatic nitrogens is 1. The Hall–Kier alpha value is -0.450. The molecule has 0 atom stereocenters. The van der Waals surface area contributed by atoms with Crippen molar-refractivity contribution >= 4 is 11.3 Å². The molecule has 1 heterocycles. The number of nitrogens with two attached hydrogens (primary N) is 1. The Morgan fingerprint density at radius 3 is 2.43 bits per heavy atom. The lowest BCUT2D eigenvalue weighted by molar-refractivity contribution is -0.0891. The fourth-order valence-corrected chi connectivity index (χ4v) is 4.63. The zero-order valence-electron chi connectivity index (χ0n) is 13.6. The van der Waals surface area contributed by atoms with Crippen LogP contribution in [-0.2, 0) is 16.9 Å². The van der Waals surface area contributed by atoms with Crippen molar-refractivity contribution in [2.24, 2.45) is 11.1 Å². The van der Waals surface area contributed by atoms with Crippen LogP contribution in [0.2, 0.25) is 0 Å². The SMILES string of the molecule is CCOC1(c2nc(C3CC3)c(CN)s2)CCC(C)(C)CC1. The summed E-state index contributed by atoms with van der Waals surface area (Å²) in [6.45, 7) is 8.21. The molecule has 0 bridgehead atoms. The van der Waals surface area contributed by atoms with E-state index in [-0.39, 0.29) is 5.60 Å². The highest BCUT2D eigenvalue weighted by Crippen LogP contribution is 2.50. The Kier molecular flexibility index (Phi) is 4.15. The molecule has 0 aliphatic heterocycles. The van der Waals surface area contributed by atoms with E-state index >= 15 is 0 Å². The molecule has 2 saturated carbocycles. The van der Waals surface area contributed by atoms with Gasteiger partial charge in [-0.15, -0.1) is 11.3 Å². The molecule has 2 aliphatic carbocycles. The fourth-order valence-electron chi connectivity index (χ4n) is 3.41. The predicted molar refractivity (Wildman–Crippen MR) is 87.5 cm³/mol. The van der Waals surface area contributed by atoms with Gasteiger partial charge >= 0.3 is 0 Å². The highest BCUT2D eigenvalue weighted by atomic mass is 32.1. The zero-order valence-corrected chi connectivity index (χ0v) is 14.4. The van der Waals surface area contributed by atoms with Crippen LogP contribution in [0, 0.1) is 5.41 Å². The number of thiazole rings is 1. The minimum atomic E-state index is -0.147. The minimum Gasteiger partial charge on any atom is -0.368 e. The molecule has 0 spiro atoms. The second-order valence-corrected chi connectivity index (χ2v) is 8.48. The van der Waals surface area contributed by atoms with Crippen LogP contribution in [0.3, 0.4) is 0 Å². The molecule has 21 heavy (non-hydrogen) atoms. The third kappa shape index (κ3) is 3.03. The average molecular weight is 308 g/mol. The van der Waals surface area contributed by atoms with Crippen LogP contribution < -0.4 is 5.73 Å². The summed E-state index contributed by atoms with van der Waals surface area (Å²) in [5.74, 6) is 0.673. The molecule has 118 valence electrons. The van der Waals surface area contributed by atoms with Crippen molar-refractivity contribution in [1.82, 2.24) is 4.98 Å². The molecule has 0 unspecified atom stereocenters. The van der Waals surface area contributed by atoms with Crippen LogP contribution in [0.5, 0.6) is 0 Å². The Balaban J connectivity index is 1.90. The summed E-state index contributed by atoms with van der Waals surface area (Å²) in [6, 6.07) is 0. The monoisotopic (exact) mass is 308 g/mol. The van der Waals surface area contributed by atoms with Crippen molar-refractivity contribution in [2.75, 3.05) is 6.61 Å². The third-order valence-corrected chi connectivity index (χ3v) is 6.38. The van der Waals surface area contributed by atoms with E-state index in [1.165, 1.54) is 41.3 Å². The van der Waals surface area contributed by atoms with Crippen LogP contribution in [-0.4, -0.2) is 11.6 Å². The lowest BCUT2D eigenvalue weighted by atomic mass is 9.71. The molecular formula is C17H28N2OS. The quantitative estimate of drug-likeness (QED) is 0.881. The maximum Gasteiger partial charge on any atom is 0.125 e. The molecular weight excluding hydrogens is 280 g/mol. The molecule has 0 aromatic carbocycles. The molecule has 3 nitrogen and oxygen atoms in total. The smallest absolute Gasteiger partial charge is 0.125 e. The molecule has 0 radical (unpaired) electrons. The van der Waals surface area contributed by atoms with E-state index in [0.717, 1.165) is 19.4 Å². The first-order chi connectivity index (χ1) is 10.00. The topological polar surface area (TPSA) is 48.1 Å². The van der Waals surface area contributed by atoms with Gasteiger partial charge < -0.3 is 10.5 Å². The Labute approximate surface area is 132 Å². The molecule has 2 aliphatic rings. The molecule has 2 fully saturated rings. The molecule has 0 saturated heterocycles. The minimum absolute atomic E-state index is 0.147. The molecule has 1 aromatic rings. The van der Waals surface area contributed by atoms with Crippen molar-refractivity contribution in [1.29, 1.82) is 0 Å². The molecule has 2 N–H and O–H groups in total. The summed E-state index contributed by atoms with van der Waals surface area (Å²) in [6.07, 6.45) is 7.17. The average Bonchev–Trinajstić information content (AvgIpc) is 3.21. The van der Waals surface area contributed by atoms with Crippen molar-refractivity contribution in [3.05, 3.63) is 15.6 Å². The van der Waals surface area contributed by atoms with Gasteiger partial charge in [-0.1, -0.05) is 13.8 Å². The van der Waals surface area contributed by atoms with Gasteiger partial charge in [0.1, 0.15) is 10.6 Å². The summed E-state index contributed by atoms with van der Waals surface area (Å²) in [4.78, 5) is 6.31. The number of nitrogens with zero attached hydrogens (tertiary/aromatic N) is 1. The molecule has 0 amide bonds. The summed E-state index contributed by atoms with van der Waals surface area (Å²) >= 11 is 1.81. The van der Waals surface area contributed by atoms with Gasteiger partial charge in [-0.25, -0.2) is 4.98 Å². The first-order valence-corrected chi connectivity index (χ1v) is 9.15. The van der Waals surface area contributed by atoms with Crippen LogP contribution in [0.4, 0.5) is 0 Å². The fraction of sp³-hybridized carbons (Fsp3) is 0.824. The summed E-state index contributed by atoms with van der Waals surface area (Å²) in [7, 11) is 0. The maximum atomic E-state index is 6.27. The van der Waals surface area contributed by atoms with E-state index in [4.69, 9.17) is 15.5 Å². The second kappa shape index (κ2) is 5.64. The maximum absolute atomic E-state index is 6.27. The van der Waals surface area contributed by atoms with Gasteiger partial charge in [0, 0.05) is 23.9 Å². The molecule has 3 rings (SSSR count). The lowest BCUT2D eigenvalue weighted by Gasteiger charge is -2.42. The van der Waals surface area contributed by atoms with Crippen LogP contribution in [0.15, 0.2) is 0 Å². The van der Waals surface area contributed by atoms with Crippen molar-refractivity contribution in [3.8, 4) is 0 Å². The lowest BCUT2D eigenvalue weighted by Crippen LogP contribution is -2.37. The van der Waals surface area contributed by atoms with Crippen molar-refractivity contribution in [3.63, 3.8) is 0 Å². The predicted octanol–water partition coefficient (Wildman–Crippen LogP) is 4.31. The summed E-state index contributed by atoms with van der Waals surface area (Å²) in [5.41, 5.74) is 7.52. The van der Waals surface area contributed by atoms with Gasteiger partial charge in [-0.2, -0.15) is 0 Å². The summed E-state index contributed by atoms with van der Waals surface area (Å²) < 4.78 is 6.27. The normalized spacial score (nSPS) is 24.2. The standard InChI is InChI=1S/C17H28N2OS/c1-4-20-17(9-7-16(2,3)8-10-17)15-19-14(12-5-6-12)13(11-18)21-15/h12H,4-11,18H2,1-3H3. The van der Waals surface area contributed by atoms with Gasteiger partial charge in [-0.3, -0.25) is 0 Å². The van der Waals surface area contributed by atoms with Crippen LogP contribution >= 0.6 is 11.3 Å². The highest BCUT2D eigenvalue weighted by Gasteiger charge is 2.43. The Morgan fingerprint density at radius 2 is 1.90 bits per heavy atom.